The number of hydrogen-bond donors (Lipinski definition) is 3. The molecule has 0 spiro atoms. The Kier molecular flexibility index (Phi) is 21.1. The van der Waals surface area contributed by atoms with Crippen LogP contribution in [0.3, 0.4) is 0 Å². The molecule has 286 valence electrons. The van der Waals surface area contributed by atoms with Crippen LogP contribution in [0.2, 0.25) is 0 Å². The van der Waals surface area contributed by atoms with Crippen molar-refractivity contribution in [1.82, 2.24) is 0 Å². The Morgan fingerprint density at radius 1 is 0.392 bits per heavy atom. The van der Waals surface area contributed by atoms with Crippen molar-refractivity contribution < 1.29 is 19.0 Å². The summed E-state index contributed by atoms with van der Waals surface area (Å²) < 4.78 is 6.20. The molecular weight excluding hydrogens is 666 g/mol. The second-order valence-corrected chi connectivity index (χ2v) is 19.6. The van der Waals surface area contributed by atoms with Crippen LogP contribution in [0.15, 0.2) is 72.8 Å². The molecule has 3 rings (SSSR count). The van der Waals surface area contributed by atoms with Crippen LogP contribution in [0, 0.1) is 0 Å². The van der Waals surface area contributed by atoms with Gasteiger partial charge in [0.05, 0.1) is 0 Å². The third-order valence-corrected chi connectivity index (χ3v) is 16.3. The Bertz CT molecular complexity index is 1160. The van der Waals surface area contributed by atoms with Crippen molar-refractivity contribution in [1.29, 1.82) is 0 Å². The van der Waals surface area contributed by atoms with Gasteiger partial charge < -0.3 is 0 Å². The molecular formula is C45H72O4P2. The van der Waals surface area contributed by atoms with Crippen LogP contribution >= 0.6 is 15.7 Å². The first kappa shape index (κ1) is 43.8. The van der Waals surface area contributed by atoms with E-state index in [4.69, 9.17) is 4.31 Å². The zero-order valence-corrected chi connectivity index (χ0v) is 34.3. The Labute approximate surface area is 313 Å². The summed E-state index contributed by atoms with van der Waals surface area (Å²) in [6.07, 6.45) is 29.6. The van der Waals surface area contributed by atoms with E-state index in [1.54, 1.807) is 0 Å². The van der Waals surface area contributed by atoms with E-state index in [1.165, 1.54) is 132 Å². The van der Waals surface area contributed by atoms with Crippen LogP contribution in [0.25, 0.3) is 0 Å². The molecule has 0 amide bonds. The molecule has 51 heavy (non-hydrogen) atoms. The zero-order chi connectivity index (χ0) is 36.7. The van der Waals surface area contributed by atoms with Crippen LogP contribution in [0.1, 0.15) is 172 Å². The van der Waals surface area contributed by atoms with Crippen LogP contribution in [-0.4, -0.2) is 14.7 Å². The van der Waals surface area contributed by atoms with Gasteiger partial charge in [-0.15, -0.1) is 0 Å². The predicted molar refractivity (Wildman–Crippen MR) is 225 cm³/mol. The third kappa shape index (κ3) is 14.3. The van der Waals surface area contributed by atoms with Gasteiger partial charge in [0.2, 0.25) is 0 Å². The maximum absolute atomic E-state index is 13.4. The monoisotopic (exact) mass is 738 g/mol. The van der Waals surface area contributed by atoms with Gasteiger partial charge >= 0.3 is 294 Å². The molecule has 0 radical (unpaired) electrons. The Morgan fingerprint density at radius 3 is 0.863 bits per heavy atom. The molecule has 0 bridgehead atoms. The zero-order valence-electron chi connectivity index (χ0n) is 32.5. The molecule has 3 N–H and O–H groups in total. The summed E-state index contributed by atoms with van der Waals surface area (Å²) in [5.41, 5.74) is 3.67. The fraction of sp³-hybridized carbons (Fsp3) is 0.600. The predicted octanol–water partition coefficient (Wildman–Crippen LogP) is 12.4. The second-order valence-electron chi connectivity index (χ2n) is 14.9. The summed E-state index contributed by atoms with van der Waals surface area (Å²) >= 11 is 0. The molecule has 0 heterocycles. The van der Waals surface area contributed by atoms with Crippen LogP contribution < -0.4 is 15.9 Å². The van der Waals surface area contributed by atoms with Gasteiger partial charge in [-0.2, -0.15) is 0 Å². The van der Waals surface area contributed by atoms with Gasteiger partial charge in [-0.3, -0.25) is 0 Å². The van der Waals surface area contributed by atoms with E-state index in [2.05, 4.69) is 57.2 Å². The summed E-state index contributed by atoms with van der Waals surface area (Å²) in [6.45, 7) is 6.76. The van der Waals surface area contributed by atoms with E-state index in [9.17, 15) is 14.7 Å². The summed E-state index contributed by atoms with van der Waals surface area (Å²) in [5.74, 6) is 0. The van der Waals surface area contributed by atoms with E-state index in [1.807, 2.05) is 36.4 Å². The second kappa shape index (κ2) is 24.6. The molecule has 0 aliphatic carbocycles. The SMILES string of the molecule is CCCCCCCCCc1ccc(P(O)(OP(O)O)(c2ccc(CCCCCCCCC)cc2)c2ccc(CCCCCCCCC)cc2)cc1. The van der Waals surface area contributed by atoms with E-state index < -0.39 is 15.7 Å². The van der Waals surface area contributed by atoms with Crippen molar-refractivity contribution in [2.75, 3.05) is 0 Å². The first-order chi connectivity index (χ1) is 24.8. The van der Waals surface area contributed by atoms with E-state index in [0.717, 1.165) is 38.5 Å². The standard InChI is InChI=1S/C45H72O4P2/c1-4-7-10-13-16-19-22-25-40-28-34-43(35-29-40)51(48,49-50(46)47,44-36-30-41(31-37-44)26-23-20-17-14-11-8-5-2)45-38-32-42(33-39-45)27-24-21-18-15-12-9-6-3/h28-39,46-48H,4-27H2,1-3H3. The number of unbranched alkanes of at least 4 members (excludes halogenated alkanes) is 18. The third-order valence-electron chi connectivity index (χ3n) is 10.7. The first-order valence-electron chi connectivity index (χ1n) is 20.8. The van der Waals surface area contributed by atoms with E-state index in [-0.39, 0.29) is 0 Å². The van der Waals surface area contributed by atoms with Crippen molar-refractivity contribution >= 4 is 31.6 Å². The van der Waals surface area contributed by atoms with Gasteiger partial charge in [0.15, 0.2) is 0 Å². The molecule has 0 aliphatic heterocycles. The molecule has 6 heteroatoms. The van der Waals surface area contributed by atoms with Gasteiger partial charge in [-0.25, -0.2) is 0 Å². The van der Waals surface area contributed by atoms with Crippen molar-refractivity contribution in [3.05, 3.63) is 89.5 Å². The Morgan fingerprint density at radius 2 is 0.627 bits per heavy atom. The van der Waals surface area contributed by atoms with E-state index >= 15 is 0 Å². The minimum absolute atomic E-state index is 0.597. The van der Waals surface area contributed by atoms with Gasteiger partial charge in [0.1, 0.15) is 0 Å². The summed E-state index contributed by atoms with van der Waals surface area (Å²) in [5, 5.41) is 1.79. The normalized spacial score (nSPS) is 12.7. The average Bonchev–Trinajstić information content (AvgIpc) is 3.14. The number of benzene rings is 3. The van der Waals surface area contributed by atoms with Gasteiger partial charge in [-0.05, 0) is 0 Å². The quantitative estimate of drug-likeness (QED) is 0.0490. The molecule has 0 atom stereocenters. The fourth-order valence-electron chi connectivity index (χ4n) is 7.41. The molecule has 0 aliphatic rings. The topological polar surface area (TPSA) is 69.9 Å². The molecule has 0 saturated heterocycles. The van der Waals surface area contributed by atoms with Crippen LogP contribution in [0.5, 0.6) is 0 Å². The van der Waals surface area contributed by atoms with Crippen molar-refractivity contribution in [3.8, 4) is 0 Å². The molecule has 0 saturated carbocycles. The molecule has 3 aromatic rings. The fourth-order valence-corrected chi connectivity index (χ4v) is 12.7. The minimum atomic E-state index is -4.72. The summed E-state index contributed by atoms with van der Waals surface area (Å²) in [7, 11) is -7.60. The Balaban J connectivity index is 1.86. The van der Waals surface area contributed by atoms with Gasteiger partial charge in [0, 0.05) is 0 Å². The summed E-state index contributed by atoms with van der Waals surface area (Å²) in [4.78, 5) is 34.5. The van der Waals surface area contributed by atoms with Crippen LogP contribution in [0.4, 0.5) is 0 Å². The van der Waals surface area contributed by atoms with Gasteiger partial charge in [0.25, 0.3) is 0 Å². The average molecular weight is 739 g/mol. The molecule has 0 unspecified atom stereocenters. The number of aryl methyl sites for hydroxylation is 3. The van der Waals surface area contributed by atoms with Crippen molar-refractivity contribution in [3.63, 3.8) is 0 Å². The molecule has 0 fully saturated rings. The number of hydrogen-bond acceptors (Lipinski definition) is 4. The van der Waals surface area contributed by atoms with Gasteiger partial charge in [-0.1, -0.05) is 20.8 Å². The van der Waals surface area contributed by atoms with Crippen molar-refractivity contribution in [2.45, 2.75) is 175 Å². The first-order valence-corrected chi connectivity index (χ1v) is 24.1. The Hall–Kier alpha value is -1.64. The van der Waals surface area contributed by atoms with Crippen molar-refractivity contribution in [2.24, 2.45) is 0 Å². The number of rotatable bonds is 29. The molecule has 0 aromatic heterocycles. The molecule has 3 aromatic carbocycles. The van der Waals surface area contributed by atoms with E-state index in [0.29, 0.717) is 15.9 Å². The molecule has 4 nitrogen and oxygen atoms in total. The van der Waals surface area contributed by atoms with Crippen LogP contribution in [-0.2, 0) is 23.6 Å². The maximum atomic E-state index is 13.4. The summed E-state index contributed by atoms with van der Waals surface area (Å²) in [6, 6.07) is 24.3.